The second-order valence-electron chi connectivity index (χ2n) is 3.00. The molecule has 0 radical (unpaired) electrons. The van der Waals surface area contributed by atoms with Gasteiger partial charge in [0.1, 0.15) is 11.6 Å². The highest BCUT2D eigenvalue weighted by Gasteiger charge is 2.08. The first-order chi connectivity index (χ1) is 6.79. The first-order valence-corrected chi connectivity index (χ1v) is 4.32. The van der Waals surface area contributed by atoms with Crippen LogP contribution in [0.25, 0.3) is 11.1 Å². The van der Waals surface area contributed by atoms with Crippen molar-refractivity contribution in [2.45, 2.75) is 0 Å². The predicted octanol–water partition coefficient (Wildman–Crippen LogP) is 3.20. The summed E-state index contributed by atoms with van der Waals surface area (Å²) in [6.45, 7) is 0. The maximum absolute atomic E-state index is 13.4. The molecule has 70 valence electrons. The summed E-state index contributed by atoms with van der Waals surface area (Å²) in [6.07, 6.45) is 0. The lowest BCUT2D eigenvalue weighted by Crippen LogP contribution is -1.84. The molecule has 2 heteroatoms. The summed E-state index contributed by atoms with van der Waals surface area (Å²) in [5, 5.41) is 9.50. The van der Waals surface area contributed by atoms with Gasteiger partial charge in [0.15, 0.2) is 0 Å². The lowest BCUT2D eigenvalue weighted by molar-refractivity contribution is 0.472. The van der Waals surface area contributed by atoms with Crippen LogP contribution in [0.3, 0.4) is 0 Å². The summed E-state index contributed by atoms with van der Waals surface area (Å²) in [6, 6.07) is 13.3. The molecular weight excluding hydrogens is 179 g/mol. The van der Waals surface area contributed by atoms with E-state index in [9.17, 15) is 9.50 Å². The maximum atomic E-state index is 13.4. The number of halogens is 1. The molecule has 1 N–H and O–H groups in total. The number of phenols is 1. The van der Waals surface area contributed by atoms with E-state index in [1.807, 2.05) is 6.07 Å². The van der Waals surface area contributed by atoms with E-state index >= 15 is 0 Å². The van der Waals surface area contributed by atoms with Gasteiger partial charge in [-0.15, -0.1) is 0 Å². The van der Waals surface area contributed by atoms with Crippen molar-refractivity contribution in [3.8, 4) is 16.9 Å². The second kappa shape index (κ2) is 3.50. The van der Waals surface area contributed by atoms with Crippen molar-refractivity contribution < 1.29 is 9.50 Å². The molecular formula is C12H9FO. The van der Waals surface area contributed by atoms with E-state index in [4.69, 9.17) is 0 Å². The van der Waals surface area contributed by atoms with Crippen LogP contribution < -0.4 is 0 Å². The van der Waals surface area contributed by atoms with Gasteiger partial charge in [0.2, 0.25) is 0 Å². The van der Waals surface area contributed by atoms with Gasteiger partial charge >= 0.3 is 0 Å². The number of benzene rings is 2. The molecule has 0 heterocycles. The molecule has 2 rings (SSSR count). The van der Waals surface area contributed by atoms with E-state index in [2.05, 4.69) is 0 Å². The number of hydrogen-bond acceptors (Lipinski definition) is 1. The summed E-state index contributed by atoms with van der Waals surface area (Å²) in [7, 11) is 0. The van der Waals surface area contributed by atoms with Gasteiger partial charge < -0.3 is 5.11 Å². The van der Waals surface area contributed by atoms with Gasteiger partial charge in [-0.2, -0.15) is 0 Å². The molecule has 0 aliphatic rings. The molecule has 1 nitrogen and oxygen atoms in total. The number of phenolic OH excluding ortho intramolecular Hbond substituents is 1. The van der Waals surface area contributed by atoms with Gasteiger partial charge in [-0.3, -0.25) is 0 Å². The zero-order valence-electron chi connectivity index (χ0n) is 7.44. The molecule has 14 heavy (non-hydrogen) atoms. The van der Waals surface area contributed by atoms with Crippen LogP contribution in [0.15, 0.2) is 48.5 Å². The molecule has 0 aliphatic heterocycles. The van der Waals surface area contributed by atoms with Crippen molar-refractivity contribution >= 4 is 0 Å². The van der Waals surface area contributed by atoms with Crippen LogP contribution in [0, 0.1) is 5.82 Å². The Morgan fingerprint density at radius 1 is 0.857 bits per heavy atom. The van der Waals surface area contributed by atoms with Gasteiger partial charge in [-0.25, -0.2) is 4.39 Å². The zero-order valence-corrected chi connectivity index (χ0v) is 7.44. The van der Waals surface area contributed by atoms with Gasteiger partial charge in [0, 0.05) is 0 Å². The summed E-state index contributed by atoms with van der Waals surface area (Å²) < 4.78 is 13.4. The summed E-state index contributed by atoms with van der Waals surface area (Å²) in [5.41, 5.74) is 0.941. The summed E-state index contributed by atoms with van der Waals surface area (Å²) in [5.74, 6) is -0.438. The van der Waals surface area contributed by atoms with Crippen molar-refractivity contribution in [1.82, 2.24) is 0 Å². The molecule has 0 aliphatic carbocycles. The highest BCUT2D eigenvalue weighted by atomic mass is 19.1. The van der Waals surface area contributed by atoms with E-state index < -0.39 is 5.82 Å². The van der Waals surface area contributed by atoms with E-state index in [-0.39, 0.29) is 11.3 Å². The minimum Gasteiger partial charge on any atom is -0.507 e. The fraction of sp³-hybridized carbons (Fsp3) is 0. The van der Waals surface area contributed by atoms with E-state index in [0.29, 0.717) is 5.56 Å². The van der Waals surface area contributed by atoms with E-state index in [0.717, 1.165) is 0 Å². The Bertz CT molecular complexity index is 417. The van der Waals surface area contributed by atoms with Crippen molar-refractivity contribution in [2.75, 3.05) is 0 Å². The summed E-state index contributed by atoms with van der Waals surface area (Å²) in [4.78, 5) is 0. The predicted molar refractivity (Wildman–Crippen MR) is 53.5 cm³/mol. The Morgan fingerprint density at radius 3 is 2.21 bits per heavy atom. The average Bonchev–Trinajstić information content (AvgIpc) is 2.19. The topological polar surface area (TPSA) is 20.2 Å². The molecule has 0 unspecified atom stereocenters. The fourth-order valence-electron chi connectivity index (χ4n) is 1.40. The van der Waals surface area contributed by atoms with Crippen molar-refractivity contribution in [3.05, 3.63) is 54.3 Å². The largest absolute Gasteiger partial charge is 0.507 e. The Balaban J connectivity index is 2.63. The number of aromatic hydroxyl groups is 1. The molecule has 2 aromatic rings. The van der Waals surface area contributed by atoms with Crippen LogP contribution in [-0.2, 0) is 0 Å². The molecule has 2 aromatic carbocycles. The van der Waals surface area contributed by atoms with Gasteiger partial charge in [-0.05, 0) is 17.7 Å². The molecule has 0 atom stereocenters. The first kappa shape index (κ1) is 8.75. The SMILES string of the molecule is Oc1cccc(F)c1-c1ccccc1. The van der Waals surface area contributed by atoms with Gasteiger partial charge in [-0.1, -0.05) is 36.4 Å². The number of hydrogen-bond donors (Lipinski definition) is 1. The zero-order chi connectivity index (χ0) is 9.97. The minimum absolute atomic E-state index is 0.0313. The third kappa shape index (κ3) is 1.46. The molecule has 0 saturated carbocycles. The van der Waals surface area contributed by atoms with Crippen molar-refractivity contribution in [1.29, 1.82) is 0 Å². The van der Waals surface area contributed by atoms with Crippen LogP contribution in [-0.4, -0.2) is 5.11 Å². The minimum atomic E-state index is -0.406. The quantitative estimate of drug-likeness (QED) is 0.728. The maximum Gasteiger partial charge on any atom is 0.134 e. The Kier molecular flexibility index (Phi) is 2.19. The lowest BCUT2D eigenvalue weighted by Gasteiger charge is -2.05. The molecule has 0 spiro atoms. The Labute approximate surface area is 81.4 Å². The highest BCUT2D eigenvalue weighted by Crippen LogP contribution is 2.30. The van der Waals surface area contributed by atoms with Crippen LogP contribution >= 0.6 is 0 Å². The molecule has 0 aromatic heterocycles. The van der Waals surface area contributed by atoms with Gasteiger partial charge in [0.25, 0.3) is 0 Å². The molecule has 0 bridgehead atoms. The second-order valence-corrected chi connectivity index (χ2v) is 3.00. The molecule has 0 saturated heterocycles. The Hall–Kier alpha value is -1.83. The van der Waals surface area contributed by atoms with Crippen LogP contribution in [0.1, 0.15) is 0 Å². The first-order valence-electron chi connectivity index (χ1n) is 4.32. The smallest absolute Gasteiger partial charge is 0.134 e. The van der Waals surface area contributed by atoms with Crippen LogP contribution in [0.2, 0.25) is 0 Å². The molecule has 0 amide bonds. The third-order valence-electron chi connectivity index (χ3n) is 2.05. The third-order valence-corrected chi connectivity index (χ3v) is 2.05. The normalized spacial score (nSPS) is 10.1. The van der Waals surface area contributed by atoms with Crippen molar-refractivity contribution in [2.24, 2.45) is 0 Å². The van der Waals surface area contributed by atoms with E-state index in [1.165, 1.54) is 18.2 Å². The van der Waals surface area contributed by atoms with Crippen LogP contribution in [0.5, 0.6) is 5.75 Å². The standard InChI is InChI=1S/C12H9FO/c13-10-7-4-8-11(14)12(10)9-5-2-1-3-6-9/h1-8,14H. The highest BCUT2D eigenvalue weighted by molar-refractivity contribution is 5.70. The van der Waals surface area contributed by atoms with E-state index in [1.54, 1.807) is 24.3 Å². The summed E-state index contributed by atoms with van der Waals surface area (Å²) >= 11 is 0. The average molecular weight is 188 g/mol. The Morgan fingerprint density at radius 2 is 1.57 bits per heavy atom. The lowest BCUT2D eigenvalue weighted by atomic mass is 10.0. The monoisotopic (exact) mass is 188 g/mol. The number of rotatable bonds is 1. The van der Waals surface area contributed by atoms with Crippen LogP contribution in [0.4, 0.5) is 4.39 Å². The van der Waals surface area contributed by atoms with Gasteiger partial charge in [0.05, 0.1) is 5.56 Å². The van der Waals surface area contributed by atoms with Crippen molar-refractivity contribution in [3.63, 3.8) is 0 Å². The molecule has 0 fully saturated rings. The fourth-order valence-corrected chi connectivity index (χ4v) is 1.40.